The second-order valence-corrected chi connectivity index (χ2v) is 0.238. The second-order valence-electron chi connectivity index (χ2n) is 0.238. The van der Waals surface area contributed by atoms with Gasteiger partial charge in [-0.05, 0) is 0 Å². The zero-order chi connectivity index (χ0) is 3.58. The molecule has 5 nitrogen and oxygen atoms in total. The van der Waals surface area contributed by atoms with Gasteiger partial charge in [0.1, 0.15) is 0 Å². The van der Waals surface area contributed by atoms with Crippen LogP contribution in [0.4, 0.5) is 0 Å². The van der Waals surface area contributed by atoms with Crippen LogP contribution in [0, 0.1) is 10.1 Å². The SMILES string of the molecule is O.O=[N+]([O-])O.[Zr]. The molecule has 0 atom stereocenters. The van der Waals surface area contributed by atoms with Gasteiger partial charge in [-0.3, -0.25) is 0 Å². The molecule has 6 heteroatoms. The van der Waals surface area contributed by atoms with Gasteiger partial charge in [-0.15, -0.1) is 10.1 Å². The summed E-state index contributed by atoms with van der Waals surface area (Å²) in [6.07, 6.45) is 0. The molecule has 0 aliphatic rings. The van der Waals surface area contributed by atoms with E-state index in [1.165, 1.54) is 0 Å². The number of rotatable bonds is 0. The molecule has 0 saturated heterocycles. The molecule has 0 rings (SSSR count). The predicted octanol–water partition coefficient (Wildman–Crippen LogP) is -1.17. The maximum atomic E-state index is 8.36. The van der Waals surface area contributed by atoms with E-state index >= 15 is 0 Å². The normalized spacial score (nSPS) is 4.00. The molecular formula is H3NO4Zr. The summed E-state index contributed by atoms with van der Waals surface area (Å²) in [6.45, 7) is 0. The zero-order valence-electron chi connectivity index (χ0n) is 2.71. The molecule has 0 fully saturated rings. The maximum Gasteiger partial charge on any atom is 0.291 e. The zero-order valence-corrected chi connectivity index (χ0v) is 5.17. The van der Waals surface area contributed by atoms with Gasteiger partial charge in [-0.2, -0.15) is 0 Å². The van der Waals surface area contributed by atoms with E-state index in [0.29, 0.717) is 0 Å². The quantitative estimate of drug-likeness (QED) is 0.368. The molecule has 0 heterocycles. The molecule has 0 aromatic rings. The van der Waals surface area contributed by atoms with Gasteiger partial charge in [0.2, 0.25) is 0 Å². The van der Waals surface area contributed by atoms with Gasteiger partial charge >= 0.3 is 0 Å². The van der Waals surface area contributed by atoms with Gasteiger partial charge in [-0.1, -0.05) is 0 Å². The minimum atomic E-state index is -1.50. The first-order chi connectivity index (χ1) is 1.73. The van der Waals surface area contributed by atoms with Crippen molar-refractivity contribution in [3.8, 4) is 0 Å². The summed E-state index contributed by atoms with van der Waals surface area (Å²) in [6, 6.07) is 0. The Bertz CT molecular complexity index is 30.5. The van der Waals surface area contributed by atoms with Crippen molar-refractivity contribution in [2.24, 2.45) is 0 Å². The van der Waals surface area contributed by atoms with Crippen LogP contribution in [-0.2, 0) is 26.2 Å². The average Bonchev–Trinajstić information content (AvgIpc) is 0.811. The second kappa shape index (κ2) is 8.90. The van der Waals surface area contributed by atoms with Crippen LogP contribution >= 0.6 is 0 Å². The van der Waals surface area contributed by atoms with Crippen LogP contribution in [0.25, 0.3) is 0 Å². The molecule has 0 aliphatic heterocycles. The third-order valence-electron chi connectivity index (χ3n) is 0. The molecule has 0 spiro atoms. The first-order valence-corrected chi connectivity index (χ1v) is 0.565. The van der Waals surface area contributed by atoms with Crippen molar-refractivity contribution in [3.05, 3.63) is 10.1 Å². The predicted molar refractivity (Wildman–Crippen MR) is 12.4 cm³/mol. The Balaban J connectivity index is -0.0000000450. The van der Waals surface area contributed by atoms with Crippen LogP contribution in [0.1, 0.15) is 0 Å². The molecule has 3 N–H and O–H groups in total. The van der Waals surface area contributed by atoms with Crippen molar-refractivity contribution in [1.29, 1.82) is 0 Å². The molecule has 0 radical (unpaired) electrons. The Kier molecular flexibility index (Phi) is 24.6. The first kappa shape index (κ1) is 16.6. The van der Waals surface area contributed by atoms with Gasteiger partial charge in [0, 0.05) is 26.2 Å². The Morgan fingerprint density at radius 3 is 1.67 bits per heavy atom. The molecule has 36 valence electrons. The molecule has 0 aromatic carbocycles. The van der Waals surface area contributed by atoms with E-state index in [-0.39, 0.29) is 31.7 Å². The van der Waals surface area contributed by atoms with Crippen LogP contribution in [0.2, 0.25) is 0 Å². The van der Waals surface area contributed by atoms with Crippen molar-refractivity contribution >= 4 is 0 Å². The largest absolute Gasteiger partial charge is 0.412 e. The van der Waals surface area contributed by atoms with Gasteiger partial charge in [-0.25, -0.2) is 0 Å². The summed E-state index contributed by atoms with van der Waals surface area (Å²) in [5.41, 5.74) is 0. The number of hydrogen-bond donors (Lipinski definition) is 1. The summed E-state index contributed by atoms with van der Waals surface area (Å²) in [7, 11) is 0. The fourth-order valence-electron chi connectivity index (χ4n) is 0. The summed E-state index contributed by atoms with van der Waals surface area (Å²) in [5, 5.41) is 13.6. The molecule has 0 aliphatic carbocycles. The van der Waals surface area contributed by atoms with E-state index in [0.717, 1.165) is 0 Å². The molecule has 0 unspecified atom stereocenters. The van der Waals surface area contributed by atoms with Crippen LogP contribution in [0.5, 0.6) is 0 Å². The van der Waals surface area contributed by atoms with E-state index < -0.39 is 5.09 Å². The molecule has 0 bridgehead atoms. The maximum absolute atomic E-state index is 8.36. The van der Waals surface area contributed by atoms with Crippen molar-refractivity contribution < 1.29 is 42.0 Å². The summed E-state index contributed by atoms with van der Waals surface area (Å²) >= 11 is 0. The van der Waals surface area contributed by atoms with E-state index in [9.17, 15) is 0 Å². The molecule has 0 saturated carbocycles. The van der Waals surface area contributed by atoms with Crippen molar-refractivity contribution in [1.82, 2.24) is 0 Å². The Hall–Kier alpha value is 0.0431. The monoisotopic (exact) mass is 171 g/mol. The van der Waals surface area contributed by atoms with Crippen LogP contribution < -0.4 is 0 Å². The third kappa shape index (κ3) is 20100. The molecular weight excluding hydrogens is 169 g/mol. The van der Waals surface area contributed by atoms with E-state index in [4.69, 9.17) is 15.3 Å². The van der Waals surface area contributed by atoms with Gasteiger partial charge in [0.15, 0.2) is 0 Å². The summed E-state index contributed by atoms with van der Waals surface area (Å²) in [5.74, 6) is 0. The molecule has 6 heavy (non-hydrogen) atoms. The van der Waals surface area contributed by atoms with Crippen molar-refractivity contribution in [2.75, 3.05) is 0 Å². The molecule has 0 aromatic heterocycles. The first-order valence-electron chi connectivity index (χ1n) is 0.565. The van der Waals surface area contributed by atoms with Gasteiger partial charge in [0.05, 0.1) is 0 Å². The van der Waals surface area contributed by atoms with Crippen molar-refractivity contribution in [2.45, 2.75) is 0 Å². The Labute approximate surface area is 52.5 Å². The third-order valence-corrected chi connectivity index (χ3v) is 0. The minimum Gasteiger partial charge on any atom is -0.412 e. The molecule has 0 amide bonds. The minimum absolute atomic E-state index is 0. The fourth-order valence-corrected chi connectivity index (χ4v) is 0. The number of nitrogens with zero attached hydrogens (tertiary/aromatic N) is 1. The van der Waals surface area contributed by atoms with Gasteiger partial charge in [0.25, 0.3) is 5.09 Å². The van der Waals surface area contributed by atoms with Crippen molar-refractivity contribution in [3.63, 3.8) is 0 Å². The van der Waals surface area contributed by atoms with E-state index in [2.05, 4.69) is 0 Å². The van der Waals surface area contributed by atoms with E-state index in [1.54, 1.807) is 0 Å². The van der Waals surface area contributed by atoms with Crippen LogP contribution in [0.3, 0.4) is 0 Å². The Morgan fingerprint density at radius 2 is 1.67 bits per heavy atom. The topological polar surface area (TPSA) is 94.9 Å². The summed E-state index contributed by atoms with van der Waals surface area (Å²) in [4.78, 5) is 8.36. The average molecular weight is 172 g/mol. The van der Waals surface area contributed by atoms with E-state index in [1.807, 2.05) is 0 Å². The standard InChI is InChI=1S/HNO3.H2O.Zr/c2-1(3)4;;/h(H,2,3,4);1H2;. The Morgan fingerprint density at radius 1 is 1.67 bits per heavy atom. The fraction of sp³-hybridized carbons (Fsp3) is 0. The summed E-state index contributed by atoms with van der Waals surface area (Å²) < 4.78 is 0. The van der Waals surface area contributed by atoms with Crippen LogP contribution in [-0.4, -0.2) is 15.8 Å². The van der Waals surface area contributed by atoms with Crippen LogP contribution in [0.15, 0.2) is 0 Å². The number of hydrogen-bond acceptors (Lipinski definition) is 2. The smallest absolute Gasteiger partial charge is 0.291 e. The van der Waals surface area contributed by atoms with Gasteiger partial charge < -0.3 is 10.7 Å².